The summed E-state index contributed by atoms with van der Waals surface area (Å²) in [5, 5.41) is 20.9. The summed E-state index contributed by atoms with van der Waals surface area (Å²) in [7, 11) is -3.86. The molecule has 0 bridgehead atoms. The third-order valence-corrected chi connectivity index (χ3v) is 7.21. The Bertz CT molecular complexity index is 925. The normalized spacial score (nSPS) is 12.6. The Morgan fingerprint density at radius 3 is 1.07 bits per heavy atom. The molecule has 5 heteroatoms. The van der Waals surface area contributed by atoms with Crippen LogP contribution in [0, 0.1) is 0 Å². The number of rotatable bonds is 6. The Labute approximate surface area is 175 Å². The second-order valence-corrected chi connectivity index (χ2v) is 10.8. The standard InChI is InChI=1S/C24H34O4S/c1-13(2)21-17(25)9-11-19(23(21)15(5)6)29(27,28)20-12-10-18(26)22(14(3)4)24(20)16(7)8/h9-16,25-26H,1-8H3. The number of phenols is 2. The number of aromatic hydroxyl groups is 2. The van der Waals surface area contributed by atoms with E-state index in [1.807, 2.05) is 55.4 Å². The monoisotopic (exact) mass is 418 g/mol. The van der Waals surface area contributed by atoms with E-state index in [-0.39, 0.29) is 45.0 Å². The summed E-state index contributed by atoms with van der Waals surface area (Å²) in [5.41, 5.74) is 2.67. The van der Waals surface area contributed by atoms with E-state index >= 15 is 0 Å². The molecular weight excluding hydrogens is 384 g/mol. The second-order valence-electron chi connectivity index (χ2n) is 8.94. The summed E-state index contributed by atoms with van der Waals surface area (Å²) in [6, 6.07) is 5.98. The summed E-state index contributed by atoms with van der Waals surface area (Å²) in [4.78, 5) is 0.465. The topological polar surface area (TPSA) is 74.6 Å². The van der Waals surface area contributed by atoms with Gasteiger partial charge in [-0.05, 0) is 59.1 Å². The van der Waals surface area contributed by atoms with E-state index in [1.54, 1.807) is 0 Å². The van der Waals surface area contributed by atoms with E-state index in [9.17, 15) is 18.6 Å². The summed E-state index contributed by atoms with van der Waals surface area (Å²) < 4.78 is 27.8. The summed E-state index contributed by atoms with van der Waals surface area (Å²) in [6.45, 7) is 15.6. The van der Waals surface area contributed by atoms with Crippen molar-refractivity contribution in [3.05, 3.63) is 46.5 Å². The molecule has 0 aliphatic carbocycles. The maximum Gasteiger partial charge on any atom is 0.207 e. The molecule has 2 aromatic rings. The van der Waals surface area contributed by atoms with Gasteiger partial charge < -0.3 is 10.2 Å². The second kappa shape index (κ2) is 8.39. The van der Waals surface area contributed by atoms with Crippen molar-refractivity contribution in [2.24, 2.45) is 0 Å². The maximum atomic E-state index is 13.9. The lowest BCUT2D eigenvalue weighted by atomic mass is 9.89. The molecule has 0 amide bonds. The Kier molecular flexibility index (Phi) is 6.73. The summed E-state index contributed by atoms with van der Waals surface area (Å²) >= 11 is 0. The van der Waals surface area contributed by atoms with Crippen LogP contribution < -0.4 is 0 Å². The predicted octanol–water partition coefficient (Wildman–Crippen LogP) is 6.42. The van der Waals surface area contributed by atoms with Gasteiger partial charge in [0.2, 0.25) is 9.84 Å². The molecule has 0 heterocycles. The molecule has 0 radical (unpaired) electrons. The number of hydrogen-bond donors (Lipinski definition) is 2. The molecule has 2 N–H and O–H groups in total. The molecular formula is C24H34O4S. The molecule has 0 aromatic heterocycles. The Morgan fingerprint density at radius 1 is 0.552 bits per heavy atom. The zero-order chi connectivity index (χ0) is 22.3. The highest BCUT2D eigenvalue weighted by Crippen LogP contribution is 2.43. The molecule has 0 aliphatic heterocycles. The van der Waals surface area contributed by atoms with Crippen LogP contribution in [0.4, 0.5) is 0 Å². The molecule has 0 saturated carbocycles. The molecule has 0 spiro atoms. The van der Waals surface area contributed by atoms with Gasteiger partial charge in [-0.15, -0.1) is 0 Å². The van der Waals surface area contributed by atoms with E-state index < -0.39 is 9.84 Å². The Balaban J connectivity index is 2.96. The van der Waals surface area contributed by atoms with E-state index in [4.69, 9.17) is 0 Å². The molecule has 4 nitrogen and oxygen atoms in total. The van der Waals surface area contributed by atoms with Gasteiger partial charge in [0.05, 0.1) is 9.79 Å². The number of sulfone groups is 1. The van der Waals surface area contributed by atoms with E-state index in [0.717, 1.165) is 0 Å². The first-order valence-electron chi connectivity index (χ1n) is 10.3. The van der Waals surface area contributed by atoms with Crippen molar-refractivity contribution < 1.29 is 18.6 Å². The van der Waals surface area contributed by atoms with Gasteiger partial charge in [0.1, 0.15) is 11.5 Å². The molecule has 0 atom stereocenters. The van der Waals surface area contributed by atoms with Gasteiger partial charge in [-0.3, -0.25) is 0 Å². The molecule has 0 saturated heterocycles. The average Bonchev–Trinajstić information content (AvgIpc) is 2.59. The van der Waals surface area contributed by atoms with Gasteiger partial charge in [0.25, 0.3) is 0 Å². The first-order chi connectivity index (χ1) is 13.3. The van der Waals surface area contributed by atoms with Crippen LogP contribution in [0.3, 0.4) is 0 Å². The average molecular weight is 419 g/mol. The molecule has 2 aromatic carbocycles. The van der Waals surface area contributed by atoms with Crippen LogP contribution in [0.2, 0.25) is 0 Å². The van der Waals surface area contributed by atoms with Crippen LogP contribution in [0.25, 0.3) is 0 Å². The fraction of sp³-hybridized carbons (Fsp3) is 0.500. The van der Waals surface area contributed by atoms with Crippen molar-refractivity contribution in [2.45, 2.75) is 88.9 Å². The fourth-order valence-corrected chi connectivity index (χ4v) is 6.20. The van der Waals surface area contributed by atoms with Crippen molar-refractivity contribution in [1.29, 1.82) is 0 Å². The zero-order valence-electron chi connectivity index (χ0n) is 18.7. The van der Waals surface area contributed by atoms with Crippen LogP contribution >= 0.6 is 0 Å². The van der Waals surface area contributed by atoms with Crippen molar-refractivity contribution in [2.75, 3.05) is 0 Å². The van der Waals surface area contributed by atoms with E-state index in [2.05, 4.69) is 0 Å². The van der Waals surface area contributed by atoms with Crippen molar-refractivity contribution in [3.8, 4) is 11.5 Å². The van der Waals surface area contributed by atoms with E-state index in [0.29, 0.717) is 22.3 Å². The first kappa shape index (κ1) is 23.3. The maximum absolute atomic E-state index is 13.9. The molecule has 0 unspecified atom stereocenters. The molecule has 0 aliphatic rings. The van der Waals surface area contributed by atoms with Gasteiger partial charge in [-0.2, -0.15) is 0 Å². The van der Waals surface area contributed by atoms with Crippen LogP contribution in [0.15, 0.2) is 34.1 Å². The minimum absolute atomic E-state index is 0.0156. The van der Waals surface area contributed by atoms with Crippen LogP contribution in [-0.4, -0.2) is 18.6 Å². The quantitative estimate of drug-likeness (QED) is 0.567. The molecule has 0 fully saturated rings. The third-order valence-electron chi connectivity index (χ3n) is 5.34. The first-order valence-corrected chi connectivity index (χ1v) is 11.8. The number of phenolic OH excluding ortho intramolecular Hbond substituents is 2. The SMILES string of the molecule is CC(C)c1c(O)ccc(S(=O)(=O)c2ccc(O)c(C(C)C)c2C(C)C)c1C(C)C. The molecule has 29 heavy (non-hydrogen) atoms. The largest absolute Gasteiger partial charge is 0.508 e. The summed E-state index contributed by atoms with van der Waals surface area (Å²) in [5.74, 6) is 0.0684. The third kappa shape index (κ3) is 4.16. The Hall–Kier alpha value is -2.01. The van der Waals surface area contributed by atoms with E-state index in [1.165, 1.54) is 24.3 Å². The highest BCUT2D eigenvalue weighted by Gasteiger charge is 2.31. The van der Waals surface area contributed by atoms with Gasteiger partial charge in [0.15, 0.2) is 0 Å². The zero-order valence-corrected chi connectivity index (χ0v) is 19.6. The minimum atomic E-state index is -3.86. The van der Waals surface area contributed by atoms with Crippen molar-refractivity contribution >= 4 is 9.84 Å². The number of hydrogen-bond acceptors (Lipinski definition) is 4. The molecule has 160 valence electrons. The van der Waals surface area contributed by atoms with Crippen LogP contribution in [-0.2, 0) is 9.84 Å². The highest BCUT2D eigenvalue weighted by molar-refractivity contribution is 7.91. The predicted molar refractivity (Wildman–Crippen MR) is 118 cm³/mol. The lowest BCUT2D eigenvalue weighted by molar-refractivity contribution is 0.461. The Morgan fingerprint density at radius 2 is 0.828 bits per heavy atom. The minimum Gasteiger partial charge on any atom is -0.508 e. The van der Waals surface area contributed by atoms with Gasteiger partial charge in [-0.1, -0.05) is 55.4 Å². The van der Waals surface area contributed by atoms with Crippen molar-refractivity contribution in [1.82, 2.24) is 0 Å². The van der Waals surface area contributed by atoms with Crippen LogP contribution in [0.5, 0.6) is 11.5 Å². The highest BCUT2D eigenvalue weighted by atomic mass is 32.2. The fourth-order valence-electron chi connectivity index (χ4n) is 4.20. The van der Waals surface area contributed by atoms with Gasteiger partial charge in [0, 0.05) is 11.1 Å². The van der Waals surface area contributed by atoms with Gasteiger partial charge >= 0.3 is 0 Å². The smallest absolute Gasteiger partial charge is 0.207 e. The van der Waals surface area contributed by atoms with Crippen molar-refractivity contribution in [3.63, 3.8) is 0 Å². The lowest BCUT2D eigenvalue weighted by Gasteiger charge is -2.25. The summed E-state index contributed by atoms with van der Waals surface area (Å²) in [6.07, 6.45) is 0. The molecule has 2 rings (SSSR count). The lowest BCUT2D eigenvalue weighted by Crippen LogP contribution is -2.14. The van der Waals surface area contributed by atoms with Crippen LogP contribution in [0.1, 0.15) is 101 Å². The van der Waals surface area contributed by atoms with Gasteiger partial charge in [-0.25, -0.2) is 8.42 Å². The number of benzene rings is 2.